The largest absolute Gasteiger partial charge is 0.435 e. The standard InChI is InChI=1S/C10H5F9INS/c11-7(12)22-5-2-3(1-4(20)6(5)21)8(13,9(14,15)16)10(17,18)19/h1-2,7H,21H2. The highest BCUT2D eigenvalue weighted by Gasteiger charge is 2.73. The Balaban J connectivity index is 3.62. The summed E-state index contributed by atoms with van der Waals surface area (Å²) in [5, 5.41) is 0. The lowest BCUT2D eigenvalue weighted by Gasteiger charge is -2.31. The number of rotatable bonds is 3. The first-order valence-corrected chi connectivity index (χ1v) is 7.04. The molecular weight excluding hydrogens is 464 g/mol. The van der Waals surface area contributed by atoms with Crippen LogP contribution >= 0.6 is 34.4 Å². The van der Waals surface area contributed by atoms with E-state index in [4.69, 9.17) is 5.73 Å². The molecule has 0 fully saturated rings. The molecular formula is C10H5F9INS. The van der Waals surface area contributed by atoms with Gasteiger partial charge < -0.3 is 5.73 Å². The third kappa shape index (κ3) is 3.51. The van der Waals surface area contributed by atoms with Crippen LogP contribution in [0.2, 0.25) is 0 Å². The van der Waals surface area contributed by atoms with Crippen LogP contribution in [0.5, 0.6) is 0 Å². The van der Waals surface area contributed by atoms with Crippen LogP contribution in [0, 0.1) is 3.57 Å². The zero-order chi connectivity index (χ0) is 17.5. The summed E-state index contributed by atoms with van der Waals surface area (Å²) in [5.41, 5.74) is -2.68. The zero-order valence-corrected chi connectivity index (χ0v) is 13.0. The highest BCUT2D eigenvalue weighted by molar-refractivity contribution is 14.1. The fourth-order valence-corrected chi connectivity index (χ4v) is 2.91. The minimum atomic E-state index is -6.32. The van der Waals surface area contributed by atoms with E-state index < -0.39 is 43.5 Å². The molecule has 0 radical (unpaired) electrons. The Hall–Kier alpha value is -0.530. The molecule has 1 nitrogen and oxygen atoms in total. The summed E-state index contributed by atoms with van der Waals surface area (Å²) in [6.07, 6.45) is -12.6. The molecule has 22 heavy (non-hydrogen) atoms. The minimum absolute atomic E-state index is 0.0370. The molecule has 0 bridgehead atoms. The minimum Gasteiger partial charge on any atom is -0.397 e. The molecule has 0 unspecified atom stereocenters. The van der Waals surface area contributed by atoms with Crippen LogP contribution in [0.1, 0.15) is 5.56 Å². The number of benzene rings is 1. The predicted molar refractivity (Wildman–Crippen MR) is 70.3 cm³/mol. The summed E-state index contributed by atoms with van der Waals surface area (Å²) in [4.78, 5) is -0.771. The van der Waals surface area contributed by atoms with Gasteiger partial charge in [-0.15, -0.1) is 0 Å². The Kier molecular flexibility index (Phi) is 5.47. The van der Waals surface area contributed by atoms with E-state index >= 15 is 0 Å². The topological polar surface area (TPSA) is 26.0 Å². The normalized spacial score (nSPS) is 13.8. The number of halogens is 10. The van der Waals surface area contributed by atoms with Crippen molar-refractivity contribution < 1.29 is 39.5 Å². The molecule has 12 heteroatoms. The SMILES string of the molecule is Nc1c(I)cc(C(F)(C(F)(F)F)C(F)(F)F)cc1SC(F)F. The lowest BCUT2D eigenvalue weighted by Crippen LogP contribution is -2.50. The van der Waals surface area contributed by atoms with Crippen LogP contribution < -0.4 is 5.73 Å². The highest BCUT2D eigenvalue weighted by atomic mass is 127. The molecule has 126 valence electrons. The van der Waals surface area contributed by atoms with E-state index in [-0.39, 0.29) is 23.9 Å². The van der Waals surface area contributed by atoms with Gasteiger partial charge in [0.25, 0.3) is 5.76 Å². The fraction of sp³-hybridized carbons (Fsp3) is 0.400. The second kappa shape index (κ2) is 6.17. The smallest absolute Gasteiger partial charge is 0.397 e. The summed E-state index contributed by atoms with van der Waals surface area (Å²) >= 11 is 0.860. The van der Waals surface area contributed by atoms with Crippen LogP contribution in [0.4, 0.5) is 45.2 Å². The van der Waals surface area contributed by atoms with Gasteiger partial charge in [0, 0.05) is 14.0 Å². The van der Waals surface area contributed by atoms with Crippen molar-refractivity contribution in [3.8, 4) is 0 Å². The average Bonchev–Trinajstić information content (AvgIpc) is 2.30. The Morgan fingerprint density at radius 3 is 1.77 bits per heavy atom. The van der Waals surface area contributed by atoms with Crippen molar-refractivity contribution >= 4 is 40.0 Å². The molecule has 1 aromatic carbocycles. The third-order valence-electron chi connectivity index (χ3n) is 2.49. The van der Waals surface area contributed by atoms with Gasteiger partial charge in [0.2, 0.25) is 0 Å². The first-order valence-electron chi connectivity index (χ1n) is 5.08. The van der Waals surface area contributed by atoms with Crippen molar-refractivity contribution in [2.24, 2.45) is 0 Å². The monoisotopic (exact) mass is 469 g/mol. The van der Waals surface area contributed by atoms with Gasteiger partial charge >= 0.3 is 18.0 Å². The highest BCUT2D eigenvalue weighted by Crippen LogP contribution is 2.54. The molecule has 0 saturated heterocycles. The maximum atomic E-state index is 13.9. The van der Waals surface area contributed by atoms with Crippen molar-refractivity contribution in [2.75, 3.05) is 5.73 Å². The molecule has 2 N–H and O–H groups in total. The first-order chi connectivity index (χ1) is 9.71. The van der Waals surface area contributed by atoms with Crippen LogP contribution in [0.15, 0.2) is 17.0 Å². The maximum Gasteiger partial charge on any atom is 0.435 e. The number of anilines is 1. The Labute approximate surface area is 135 Å². The molecule has 0 saturated carbocycles. The fourth-order valence-electron chi connectivity index (χ4n) is 1.47. The van der Waals surface area contributed by atoms with Crippen LogP contribution in [-0.2, 0) is 5.67 Å². The Morgan fingerprint density at radius 1 is 0.955 bits per heavy atom. The van der Waals surface area contributed by atoms with Gasteiger partial charge in [-0.05, 0) is 34.7 Å². The Bertz CT molecular complexity index is 541. The lowest BCUT2D eigenvalue weighted by molar-refractivity contribution is -0.348. The lowest BCUT2D eigenvalue weighted by atomic mass is 9.94. The first kappa shape index (κ1) is 19.5. The molecule has 0 heterocycles. The van der Waals surface area contributed by atoms with Crippen LogP contribution in [-0.4, -0.2) is 18.1 Å². The van der Waals surface area contributed by atoms with Crippen molar-refractivity contribution in [3.63, 3.8) is 0 Å². The van der Waals surface area contributed by atoms with Crippen LogP contribution in [0.3, 0.4) is 0 Å². The van der Waals surface area contributed by atoms with Gasteiger partial charge in [0.1, 0.15) is 0 Å². The van der Waals surface area contributed by atoms with E-state index in [0.717, 1.165) is 0 Å². The van der Waals surface area contributed by atoms with Crippen molar-refractivity contribution in [3.05, 3.63) is 21.3 Å². The number of hydrogen-bond acceptors (Lipinski definition) is 2. The van der Waals surface area contributed by atoms with Crippen molar-refractivity contribution in [2.45, 2.75) is 28.7 Å². The van der Waals surface area contributed by atoms with E-state index in [1.807, 2.05) is 0 Å². The van der Waals surface area contributed by atoms with E-state index in [1.165, 1.54) is 22.6 Å². The maximum absolute atomic E-state index is 13.9. The predicted octanol–water partition coefficient (Wildman–Crippen LogP) is 5.48. The number of hydrogen-bond donors (Lipinski definition) is 1. The van der Waals surface area contributed by atoms with E-state index in [1.54, 1.807) is 0 Å². The average molecular weight is 469 g/mol. The summed E-state index contributed by atoms with van der Waals surface area (Å²) in [6, 6.07) is 0.266. The van der Waals surface area contributed by atoms with Crippen molar-refractivity contribution in [1.29, 1.82) is 0 Å². The number of nitrogens with two attached hydrogens (primary N) is 1. The zero-order valence-electron chi connectivity index (χ0n) is 10.00. The molecule has 0 spiro atoms. The van der Waals surface area contributed by atoms with Gasteiger partial charge in [-0.1, -0.05) is 11.8 Å². The molecule has 0 aromatic heterocycles. The van der Waals surface area contributed by atoms with E-state index in [9.17, 15) is 39.5 Å². The molecule has 0 aliphatic rings. The summed E-state index contributed by atoms with van der Waals surface area (Å²) < 4.78 is 114. The van der Waals surface area contributed by atoms with E-state index in [0.29, 0.717) is 0 Å². The number of alkyl halides is 9. The summed E-state index contributed by atoms with van der Waals surface area (Å²) in [6.45, 7) is 0. The number of nitrogen functional groups attached to an aromatic ring is 1. The number of thioether (sulfide) groups is 1. The molecule has 0 atom stereocenters. The van der Waals surface area contributed by atoms with Gasteiger partial charge in [0.05, 0.1) is 5.69 Å². The van der Waals surface area contributed by atoms with Gasteiger partial charge in [-0.3, -0.25) is 0 Å². The van der Waals surface area contributed by atoms with Crippen LogP contribution in [0.25, 0.3) is 0 Å². The van der Waals surface area contributed by atoms with Gasteiger partial charge in [-0.25, -0.2) is 4.39 Å². The molecule has 0 amide bonds. The Morgan fingerprint density at radius 2 is 1.41 bits per heavy atom. The second-order valence-corrected chi connectivity index (χ2v) is 6.10. The van der Waals surface area contributed by atoms with Crippen molar-refractivity contribution in [1.82, 2.24) is 0 Å². The molecule has 0 aliphatic carbocycles. The van der Waals surface area contributed by atoms with E-state index in [2.05, 4.69) is 0 Å². The summed E-state index contributed by atoms with van der Waals surface area (Å²) in [7, 11) is 0. The molecule has 1 rings (SSSR count). The summed E-state index contributed by atoms with van der Waals surface area (Å²) in [5.74, 6) is -3.15. The third-order valence-corrected chi connectivity index (χ3v) is 4.15. The van der Waals surface area contributed by atoms with Gasteiger partial charge in [-0.2, -0.15) is 35.1 Å². The molecule has 1 aromatic rings. The molecule has 0 aliphatic heterocycles. The quantitative estimate of drug-likeness (QED) is 0.275. The second-order valence-electron chi connectivity index (χ2n) is 3.90. The van der Waals surface area contributed by atoms with Gasteiger partial charge in [0.15, 0.2) is 0 Å².